The minimum atomic E-state index is -0.820. The number of hydrogen-bond acceptors (Lipinski definition) is 5. The number of carbonyl (C=O) groups is 2. The highest BCUT2D eigenvalue weighted by molar-refractivity contribution is 5.78. The quantitative estimate of drug-likeness (QED) is 0.0322. The van der Waals surface area contributed by atoms with Crippen molar-refractivity contribution in [3.8, 4) is 0 Å². The van der Waals surface area contributed by atoms with Crippen molar-refractivity contribution in [2.75, 3.05) is 6.61 Å². The molecule has 0 aromatic rings. The van der Waals surface area contributed by atoms with E-state index >= 15 is 0 Å². The molecule has 0 fully saturated rings. The van der Waals surface area contributed by atoms with Crippen molar-refractivity contribution in [3.05, 3.63) is 72.9 Å². The first kappa shape index (κ1) is 58.3. The van der Waals surface area contributed by atoms with E-state index in [4.69, 9.17) is 4.74 Å². The lowest BCUT2D eigenvalue weighted by molar-refractivity contribution is -0.148. The molecule has 0 aliphatic heterocycles. The van der Waals surface area contributed by atoms with Crippen molar-refractivity contribution in [3.63, 3.8) is 0 Å². The third kappa shape index (κ3) is 43.7. The number of aliphatic hydroxyl groups is 2. The monoisotopic (exact) mass is 852 g/mol. The van der Waals surface area contributed by atoms with Crippen molar-refractivity contribution in [1.82, 2.24) is 5.32 Å². The standard InChI is InChI=1S/C55H97NO5/c1-4-7-10-13-16-19-21-23-25-27-28-30-32-35-37-40-43-46-51(61-55(60)48-45-42-39-34-18-15-12-9-6-3)49-54(59)56-52(50-57)53(58)47-44-41-38-36-33-31-29-26-24-22-20-17-14-11-8-5-2/h7,10,16,19,23,25,28,30,35,37,43,46,51-53,57-58H,4-6,8-9,11-15,17-18,20-22,24,26-27,29,31-34,36,38-42,44-45,47-50H2,1-3H3,(H,56,59)/b10-7-,19-16-,25-23-,30-28-,37-35-,46-43-. The van der Waals surface area contributed by atoms with Gasteiger partial charge in [0.25, 0.3) is 0 Å². The molecule has 6 heteroatoms. The molecule has 0 heterocycles. The van der Waals surface area contributed by atoms with Gasteiger partial charge in [-0.15, -0.1) is 0 Å². The molecular weight excluding hydrogens is 755 g/mol. The van der Waals surface area contributed by atoms with Gasteiger partial charge in [-0.1, -0.05) is 242 Å². The second-order valence-corrected chi connectivity index (χ2v) is 17.2. The summed E-state index contributed by atoms with van der Waals surface area (Å²) < 4.78 is 5.80. The normalized spacial score (nSPS) is 13.9. The van der Waals surface area contributed by atoms with Crippen LogP contribution in [0.2, 0.25) is 0 Å². The van der Waals surface area contributed by atoms with E-state index in [2.05, 4.69) is 86.8 Å². The maximum atomic E-state index is 13.2. The second kappa shape index (κ2) is 48.3. The summed E-state index contributed by atoms with van der Waals surface area (Å²) in [6.07, 6.45) is 61.4. The number of esters is 1. The third-order valence-corrected chi connectivity index (χ3v) is 11.3. The first-order valence-electron chi connectivity index (χ1n) is 25.7. The average Bonchev–Trinajstić information content (AvgIpc) is 3.25. The minimum absolute atomic E-state index is 0.0477. The summed E-state index contributed by atoms with van der Waals surface area (Å²) in [4.78, 5) is 26.0. The molecule has 0 saturated heterocycles. The Labute approximate surface area is 377 Å². The van der Waals surface area contributed by atoms with Crippen LogP contribution in [-0.2, 0) is 14.3 Å². The van der Waals surface area contributed by atoms with Gasteiger partial charge in [0.15, 0.2) is 0 Å². The summed E-state index contributed by atoms with van der Waals surface area (Å²) in [5.41, 5.74) is 0. The van der Waals surface area contributed by atoms with Gasteiger partial charge in [-0.05, 0) is 57.4 Å². The van der Waals surface area contributed by atoms with Crippen LogP contribution < -0.4 is 5.32 Å². The fraction of sp³-hybridized carbons (Fsp3) is 0.745. The first-order chi connectivity index (χ1) is 30.0. The van der Waals surface area contributed by atoms with Crippen LogP contribution in [0.5, 0.6) is 0 Å². The van der Waals surface area contributed by atoms with E-state index < -0.39 is 18.2 Å². The van der Waals surface area contributed by atoms with E-state index in [0.717, 1.165) is 70.6 Å². The van der Waals surface area contributed by atoms with Crippen LogP contribution >= 0.6 is 0 Å². The highest BCUT2D eigenvalue weighted by atomic mass is 16.5. The van der Waals surface area contributed by atoms with Crippen molar-refractivity contribution in [1.29, 1.82) is 0 Å². The van der Waals surface area contributed by atoms with Gasteiger partial charge in [0, 0.05) is 6.42 Å². The molecule has 0 aromatic carbocycles. The van der Waals surface area contributed by atoms with E-state index in [1.165, 1.54) is 122 Å². The van der Waals surface area contributed by atoms with Gasteiger partial charge >= 0.3 is 5.97 Å². The molecule has 0 aromatic heterocycles. The average molecular weight is 852 g/mol. The van der Waals surface area contributed by atoms with Crippen LogP contribution in [0.3, 0.4) is 0 Å². The summed E-state index contributed by atoms with van der Waals surface area (Å²) in [6, 6.07) is -0.743. The highest BCUT2D eigenvalue weighted by Crippen LogP contribution is 2.16. The first-order valence-corrected chi connectivity index (χ1v) is 25.7. The molecule has 0 bridgehead atoms. The summed E-state index contributed by atoms with van der Waals surface area (Å²) in [5.74, 6) is -0.631. The summed E-state index contributed by atoms with van der Waals surface area (Å²) in [7, 11) is 0. The minimum Gasteiger partial charge on any atom is -0.458 e. The molecule has 3 unspecified atom stereocenters. The molecule has 352 valence electrons. The Bertz CT molecular complexity index is 1140. The molecule has 0 spiro atoms. The number of nitrogens with one attached hydrogen (secondary N) is 1. The van der Waals surface area contributed by atoms with Gasteiger partial charge in [-0.2, -0.15) is 0 Å². The zero-order valence-corrected chi connectivity index (χ0v) is 40.0. The molecule has 0 aliphatic carbocycles. The summed E-state index contributed by atoms with van der Waals surface area (Å²) in [5, 5.41) is 23.7. The number of ether oxygens (including phenoxy) is 1. The Morgan fingerprint density at radius 2 is 0.852 bits per heavy atom. The topological polar surface area (TPSA) is 95.9 Å². The van der Waals surface area contributed by atoms with Crippen LogP contribution in [0, 0.1) is 0 Å². The Hall–Kier alpha value is -2.70. The van der Waals surface area contributed by atoms with Crippen LogP contribution in [0.15, 0.2) is 72.9 Å². The van der Waals surface area contributed by atoms with Crippen molar-refractivity contribution >= 4 is 11.9 Å². The van der Waals surface area contributed by atoms with Crippen molar-refractivity contribution in [2.24, 2.45) is 0 Å². The Kier molecular flexibility index (Phi) is 46.2. The molecule has 0 aliphatic rings. The van der Waals surface area contributed by atoms with Crippen LogP contribution in [0.1, 0.15) is 239 Å². The van der Waals surface area contributed by atoms with Gasteiger partial charge in [0.2, 0.25) is 5.91 Å². The molecule has 61 heavy (non-hydrogen) atoms. The molecule has 0 radical (unpaired) electrons. The molecular formula is C55H97NO5. The number of hydrogen-bond donors (Lipinski definition) is 3. The lowest BCUT2D eigenvalue weighted by atomic mass is 10.0. The van der Waals surface area contributed by atoms with Gasteiger partial charge in [0.1, 0.15) is 6.10 Å². The maximum absolute atomic E-state index is 13.2. The Morgan fingerprint density at radius 1 is 0.492 bits per heavy atom. The zero-order valence-electron chi connectivity index (χ0n) is 40.0. The van der Waals surface area contributed by atoms with E-state index in [1.807, 2.05) is 6.08 Å². The molecule has 3 N–H and O–H groups in total. The Balaban J connectivity index is 4.68. The second-order valence-electron chi connectivity index (χ2n) is 17.2. The summed E-state index contributed by atoms with van der Waals surface area (Å²) >= 11 is 0. The molecule has 6 nitrogen and oxygen atoms in total. The van der Waals surface area contributed by atoms with Crippen molar-refractivity contribution < 1.29 is 24.5 Å². The van der Waals surface area contributed by atoms with Gasteiger partial charge in [-0.25, -0.2) is 0 Å². The zero-order chi connectivity index (χ0) is 44.5. The number of amides is 1. The number of rotatable bonds is 45. The molecule has 1 amide bonds. The fourth-order valence-corrected chi connectivity index (χ4v) is 7.43. The van der Waals surface area contributed by atoms with Crippen LogP contribution in [0.25, 0.3) is 0 Å². The number of unbranched alkanes of at least 4 members (excludes halogenated alkanes) is 23. The predicted molar refractivity (Wildman–Crippen MR) is 264 cm³/mol. The summed E-state index contributed by atoms with van der Waals surface area (Å²) in [6.45, 7) is 6.32. The fourth-order valence-electron chi connectivity index (χ4n) is 7.43. The highest BCUT2D eigenvalue weighted by Gasteiger charge is 2.23. The third-order valence-electron chi connectivity index (χ3n) is 11.3. The SMILES string of the molecule is CC/C=C\C/C=C\C/C=C\C/C=C\C/C=C\C/C=C\C(CC(=O)NC(CO)C(O)CCCCCCCCCCCCCCCCCC)OC(=O)CCCCCCCCCCC. The van der Waals surface area contributed by atoms with Crippen molar-refractivity contribution in [2.45, 2.75) is 257 Å². The van der Waals surface area contributed by atoms with Crippen LogP contribution in [0.4, 0.5) is 0 Å². The van der Waals surface area contributed by atoms with E-state index in [-0.39, 0.29) is 24.9 Å². The smallest absolute Gasteiger partial charge is 0.306 e. The Morgan fingerprint density at radius 3 is 1.25 bits per heavy atom. The maximum Gasteiger partial charge on any atom is 0.306 e. The lowest BCUT2D eigenvalue weighted by Crippen LogP contribution is -2.46. The van der Waals surface area contributed by atoms with Gasteiger partial charge < -0.3 is 20.3 Å². The van der Waals surface area contributed by atoms with Crippen LogP contribution in [-0.4, -0.2) is 46.9 Å². The van der Waals surface area contributed by atoms with Gasteiger partial charge in [0.05, 0.1) is 25.2 Å². The number of carbonyl (C=O) groups excluding carboxylic acids is 2. The molecule has 0 rings (SSSR count). The molecule has 0 saturated carbocycles. The number of aliphatic hydroxyl groups excluding tert-OH is 2. The predicted octanol–water partition coefficient (Wildman–Crippen LogP) is 15.4. The van der Waals surface area contributed by atoms with Gasteiger partial charge in [-0.3, -0.25) is 9.59 Å². The molecule has 3 atom stereocenters. The number of allylic oxidation sites excluding steroid dienone is 11. The van der Waals surface area contributed by atoms with E-state index in [9.17, 15) is 19.8 Å². The lowest BCUT2D eigenvalue weighted by Gasteiger charge is -2.23. The van der Waals surface area contributed by atoms with E-state index in [0.29, 0.717) is 19.3 Å². The van der Waals surface area contributed by atoms with E-state index in [1.54, 1.807) is 6.08 Å². The largest absolute Gasteiger partial charge is 0.458 e.